The van der Waals surface area contributed by atoms with Crippen molar-refractivity contribution >= 4 is 40.5 Å². The maximum Gasteiger partial charge on any atom is 0.328 e. The maximum atomic E-state index is 13.7. The first kappa shape index (κ1) is 31.3. The van der Waals surface area contributed by atoms with E-state index in [-0.39, 0.29) is 36.6 Å². The monoisotopic (exact) mass is 635 g/mol. The van der Waals surface area contributed by atoms with Gasteiger partial charge in [0, 0.05) is 50.9 Å². The predicted molar refractivity (Wildman–Crippen MR) is 175 cm³/mol. The van der Waals surface area contributed by atoms with Gasteiger partial charge >= 0.3 is 5.97 Å². The first-order valence-electron chi connectivity index (χ1n) is 15.2. The number of aromatic nitrogens is 5. The molecule has 1 atom stereocenters. The Kier molecular flexibility index (Phi) is 9.75. The second-order valence-electron chi connectivity index (χ2n) is 11.1. The minimum atomic E-state index is -0.830. The van der Waals surface area contributed by atoms with Gasteiger partial charge in [0.25, 0.3) is 0 Å². The van der Waals surface area contributed by atoms with Crippen LogP contribution in [0.4, 0.5) is 27.9 Å². The number of imidazole rings is 1. The third-order valence-electron chi connectivity index (χ3n) is 7.65. The third-order valence-corrected chi connectivity index (χ3v) is 7.65. The second-order valence-corrected chi connectivity index (χ2v) is 11.1. The topological polar surface area (TPSA) is 169 Å². The number of anilines is 4. The van der Waals surface area contributed by atoms with E-state index in [4.69, 9.17) is 10.00 Å². The molecule has 0 bridgehead atoms. The van der Waals surface area contributed by atoms with Crippen molar-refractivity contribution < 1.29 is 13.9 Å². The van der Waals surface area contributed by atoms with E-state index in [2.05, 4.69) is 69.3 Å². The highest BCUT2D eigenvalue weighted by Crippen LogP contribution is 2.20. The molecule has 2 aromatic heterocycles. The number of ether oxygens (including phenoxy) is 1. The number of nitrogens with zero attached hydrogens (tertiary/aromatic N) is 6. The lowest BCUT2D eigenvalue weighted by atomic mass is 10.0. The van der Waals surface area contributed by atoms with Gasteiger partial charge in [-0.2, -0.15) is 20.2 Å². The number of methoxy groups -OCH3 is 1. The van der Waals surface area contributed by atoms with E-state index in [0.717, 1.165) is 49.5 Å². The van der Waals surface area contributed by atoms with E-state index >= 15 is 0 Å². The first-order valence-corrected chi connectivity index (χ1v) is 15.2. The molecule has 6 rings (SSSR count). The van der Waals surface area contributed by atoms with Crippen LogP contribution in [0.2, 0.25) is 0 Å². The highest BCUT2D eigenvalue weighted by Gasteiger charge is 2.22. The lowest BCUT2D eigenvalue weighted by molar-refractivity contribution is -0.141. The summed E-state index contributed by atoms with van der Waals surface area (Å²) < 4.78 is 18.8. The van der Waals surface area contributed by atoms with Gasteiger partial charge in [-0.25, -0.2) is 14.2 Å². The lowest BCUT2D eigenvalue weighted by Gasteiger charge is -2.27. The van der Waals surface area contributed by atoms with E-state index in [1.165, 1.54) is 19.2 Å². The van der Waals surface area contributed by atoms with Crippen LogP contribution in [-0.2, 0) is 29.0 Å². The zero-order valence-corrected chi connectivity index (χ0v) is 25.8. The number of H-pyrrole nitrogens is 1. The fraction of sp³-hybridized carbons (Fsp3) is 0.273. The van der Waals surface area contributed by atoms with Crippen LogP contribution in [0.1, 0.15) is 22.5 Å². The molecule has 0 amide bonds. The van der Waals surface area contributed by atoms with Gasteiger partial charge in [0.2, 0.25) is 17.8 Å². The SMILES string of the molecule is COC(=O)[C@@H](Cc1ccc(C#N)cc1)Nc1nc(NCc2nc3cc(F)ccc3[nH]2)nc(Nc2cccc(CN3CCNCC3)c2)n1. The molecular weight excluding hydrogens is 601 g/mol. The number of halogens is 1. The Morgan fingerprint density at radius 1 is 1.00 bits per heavy atom. The Hall–Kier alpha value is -5.65. The standard InChI is InChI=1S/C33H34FN11O2/c1-47-30(46)28(16-21-5-7-22(18-35)8-6-21)41-33-43-31(37-19-29-39-26-10-9-24(34)17-27(26)40-29)42-32(44-33)38-25-4-2-3-23(15-25)20-45-13-11-36-12-14-45/h2-10,15,17,28,36H,11-14,16,19-20H2,1H3,(H,39,40)(H3,37,38,41,42,43,44)/t28-/m1/s1. The number of benzene rings is 3. The fourth-order valence-electron chi connectivity index (χ4n) is 5.30. The average Bonchev–Trinajstić information content (AvgIpc) is 3.49. The molecule has 0 aliphatic carbocycles. The summed E-state index contributed by atoms with van der Waals surface area (Å²) in [5.74, 6) is 0.287. The minimum absolute atomic E-state index is 0.137. The smallest absolute Gasteiger partial charge is 0.328 e. The zero-order valence-electron chi connectivity index (χ0n) is 25.8. The number of piperazine rings is 1. The van der Waals surface area contributed by atoms with Gasteiger partial charge in [-0.1, -0.05) is 24.3 Å². The van der Waals surface area contributed by atoms with Crippen molar-refractivity contribution in [2.45, 2.75) is 25.6 Å². The van der Waals surface area contributed by atoms with Crippen molar-refractivity contribution in [1.82, 2.24) is 35.1 Å². The molecule has 1 fully saturated rings. The Morgan fingerprint density at radius 2 is 1.79 bits per heavy atom. The molecule has 14 heteroatoms. The van der Waals surface area contributed by atoms with Crippen LogP contribution in [0, 0.1) is 17.1 Å². The van der Waals surface area contributed by atoms with Crippen molar-refractivity contribution in [2.75, 3.05) is 49.2 Å². The van der Waals surface area contributed by atoms with Gasteiger partial charge in [-0.05, 0) is 47.5 Å². The summed E-state index contributed by atoms with van der Waals surface area (Å²) in [7, 11) is 1.32. The van der Waals surface area contributed by atoms with Crippen molar-refractivity contribution in [1.29, 1.82) is 5.26 Å². The van der Waals surface area contributed by atoms with Gasteiger partial charge in [0.1, 0.15) is 17.7 Å². The summed E-state index contributed by atoms with van der Waals surface area (Å²) in [6.45, 7) is 4.95. The molecule has 1 aliphatic rings. The number of fused-ring (bicyclic) bond motifs is 1. The molecule has 0 saturated carbocycles. The van der Waals surface area contributed by atoms with Gasteiger partial charge < -0.3 is 31.0 Å². The number of carbonyl (C=O) groups excluding carboxylic acids is 1. The van der Waals surface area contributed by atoms with Gasteiger partial charge in [-0.15, -0.1) is 0 Å². The number of rotatable bonds is 12. The highest BCUT2D eigenvalue weighted by molar-refractivity contribution is 5.79. The number of hydrogen-bond acceptors (Lipinski definition) is 12. The molecule has 1 aliphatic heterocycles. The summed E-state index contributed by atoms with van der Waals surface area (Å²) in [6.07, 6.45) is 0.263. The van der Waals surface area contributed by atoms with Crippen molar-refractivity contribution in [3.05, 3.63) is 95.1 Å². The molecule has 47 heavy (non-hydrogen) atoms. The van der Waals surface area contributed by atoms with Crippen LogP contribution in [0.5, 0.6) is 0 Å². The van der Waals surface area contributed by atoms with Crippen molar-refractivity contribution in [3.63, 3.8) is 0 Å². The summed E-state index contributed by atoms with van der Waals surface area (Å²) in [5.41, 5.74) is 4.49. The highest BCUT2D eigenvalue weighted by atomic mass is 19.1. The summed E-state index contributed by atoms with van der Waals surface area (Å²) in [6, 6.07) is 20.6. The number of aromatic amines is 1. The summed E-state index contributed by atoms with van der Waals surface area (Å²) in [4.78, 5) is 36.5. The van der Waals surface area contributed by atoms with Crippen molar-refractivity contribution in [3.8, 4) is 6.07 Å². The Balaban J connectivity index is 1.25. The van der Waals surface area contributed by atoms with Crippen LogP contribution in [-0.4, -0.2) is 75.1 Å². The Labute approximate surface area is 270 Å². The van der Waals surface area contributed by atoms with Crippen LogP contribution in [0.15, 0.2) is 66.7 Å². The Bertz CT molecular complexity index is 1880. The maximum absolute atomic E-state index is 13.7. The van der Waals surface area contributed by atoms with Crippen molar-refractivity contribution in [2.24, 2.45) is 0 Å². The predicted octanol–water partition coefficient (Wildman–Crippen LogP) is 3.72. The molecule has 13 nitrogen and oxygen atoms in total. The molecule has 240 valence electrons. The number of esters is 1. The largest absolute Gasteiger partial charge is 0.467 e. The van der Waals surface area contributed by atoms with Crippen LogP contribution >= 0.6 is 0 Å². The fourth-order valence-corrected chi connectivity index (χ4v) is 5.30. The quantitative estimate of drug-likeness (QED) is 0.126. The summed E-state index contributed by atoms with van der Waals surface area (Å²) >= 11 is 0. The van der Waals surface area contributed by atoms with E-state index in [0.29, 0.717) is 22.4 Å². The van der Waals surface area contributed by atoms with Crippen LogP contribution < -0.4 is 21.3 Å². The Morgan fingerprint density at radius 3 is 2.57 bits per heavy atom. The minimum Gasteiger partial charge on any atom is -0.467 e. The normalized spacial score (nSPS) is 13.9. The lowest BCUT2D eigenvalue weighted by Crippen LogP contribution is -2.42. The molecule has 1 saturated heterocycles. The van der Waals surface area contributed by atoms with E-state index < -0.39 is 12.0 Å². The third kappa shape index (κ3) is 8.34. The van der Waals surface area contributed by atoms with E-state index in [1.807, 2.05) is 12.1 Å². The molecule has 3 aromatic carbocycles. The molecule has 5 N–H and O–H groups in total. The molecular formula is C33H34FN11O2. The van der Waals surface area contributed by atoms with Crippen LogP contribution in [0.25, 0.3) is 11.0 Å². The number of hydrogen-bond donors (Lipinski definition) is 5. The summed E-state index contributed by atoms with van der Waals surface area (Å²) in [5, 5.41) is 22.1. The number of nitriles is 1. The average molecular weight is 636 g/mol. The van der Waals surface area contributed by atoms with Gasteiger partial charge in [-0.3, -0.25) is 4.90 Å². The molecule has 0 radical (unpaired) electrons. The van der Waals surface area contributed by atoms with Gasteiger partial charge in [0.15, 0.2) is 0 Å². The molecule has 0 unspecified atom stereocenters. The first-order chi connectivity index (χ1) is 22.9. The zero-order chi connectivity index (χ0) is 32.6. The van der Waals surface area contributed by atoms with Crippen LogP contribution in [0.3, 0.4) is 0 Å². The second kappa shape index (κ2) is 14.6. The molecule has 5 aromatic rings. The number of nitrogens with one attached hydrogen (secondary N) is 5. The molecule has 0 spiro atoms. The molecule has 3 heterocycles. The van der Waals surface area contributed by atoms with Gasteiger partial charge in [0.05, 0.1) is 36.3 Å². The van der Waals surface area contributed by atoms with E-state index in [9.17, 15) is 9.18 Å². The van der Waals surface area contributed by atoms with E-state index in [1.54, 1.807) is 30.3 Å². The number of carbonyl (C=O) groups is 1.